The van der Waals surface area contributed by atoms with Crippen molar-refractivity contribution in [2.24, 2.45) is 0 Å². The number of halogens is 1. The first-order valence-electron chi connectivity index (χ1n) is 10.8. The summed E-state index contributed by atoms with van der Waals surface area (Å²) < 4.78 is 18.6. The van der Waals surface area contributed by atoms with Crippen LogP contribution in [0.15, 0.2) is 79.1 Å². The van der Waals surface area contributed by atoms with E-state index in [9.17, 15) is 9.18 Å². The molecule has 1 aliphatic heterocycles. The lowest BCUT2D eigenvalue weighted by molar-refractivity contribution is 0.0602. The van der Waals surface area contributed by atoms with Gasteiger partial charge in [-0.15, -0.1) is 0 Å². The van der Waals surface area contributed by atoms with E-state index in [2.05, 4.69) is 20.9 Å². The van der Waals surface area contributed by atoms with Gasteiger partial charge >= 0.3 is 5.97 Å². The van der Waals surface area contributed by atoms with Crippen LogP contribution in [0.25, 0.3) is 27.6 Å². The molecule has 1 aliphatic rings. The Morgan fingerprint density at radius 3 is 2.61 bits per heavy atom. The smallest absolute Gasteiger partial charge is 0.338 e. The van der Waals surface area contributed by atoms with Gasteiger partial charge in [0.15, 0.2) is 0 Å². The van der Waals surface area contributed by atoms with E-state index in [4.69, 9.17) is 4.74 Å². The van der Waals surface area contributed by atoms with Crippen molar-refractivity contribution < 1.29 is 13.9 Å². The summed E-state index contributed by atoms with van der Waals surface area (Å²) in [5.41, 5.74) is 5.81. The number of aromatic nitrogens is 2. The van der Waals surface area contributed by atoms with E-state index in [0.29, 0.717) is 11.1 Å². The van der Waals surface area contributed by atoms with E-state index in [1.807, 2.05) is 42.7 Å². The SMILES string of the molecule is COC(=O)c1ccc2ncc(N3CC=C(c4ccccn4)CC3)cc2c1-c1ccc(F)cc1. The Bertz CT molecular complexity index is 1350. The number of anilines is 1. The fourth-order valence-electron chi connectivity index (χ4n) is 4.26. The van der Waals surface area contributed by atoms with Crippen LogP contribution in [0.2, 0.25) is 0 Å². The molecule has 2 aromatic carbocycles. The number of nitrogens with zero attached hydrogens (tertiary/aromatic N) is 3. The van der Waals surface area contributed by atoms with Gasteiger partial charge in [0.1, 0.15) is 5.82 Å². The minimum atomic E-state index is -0.442. The number of hydrogen-bond acceptors (Lipinski definition) is 5. The minimum absolute atomic E-state index is 0.332. The van der Waals surface area contributed by atoms with Crippen molar-refractivity contribution in [3.8, 4) is 11.1 Å². The fourth-order valence-corrected chi connectivity index (χ4v) is 4.26. The Kier molecular flexibility index (Phi) is 5.57. The second kappa shape index (κ2) is 8.82. The second-order valence-electron chi connectivity index (χ2n) is 7.89. The number of rotatable bonds is 4. The zero-order chi connectivity index (χ0) is 22.8. The van der Waals surface area contributed by atoms with Gasteiger partial charge in [0, 0.05) is 30.2 Å². The maximum atomic E-state index is 13.6. The van der Waals surface area contributed by atoms with Gasteiger partial charge in [-0.1, -0.05) is 24.3 Å². The molecule has 0 saturated heterocycles. The molecule has 5 rings (SSSR count). The van der Waals surface area contributed by atoms with Crippen molar-refractivity contribution >= 4 is 28.1 Å². The molecule has 164 valence electrons. The topological polar surface area (TPSA) is 55.3 Å². The lowest BCUT2D eigenvalue weighted by Crippen LogP contribution is -2.28. The molecule has 0 spiro atoms. The fraction of sp³-hybridized carbons (Fsp3) is 0.148. The van der Waals surface area contributed by atoms with Gasteiger partial charge in [0.2, 0.25) is 0 Å². The van der Waals surface area contributed by atoms with Crippen LogP contribution >= 0.6 is 0 Å². The number of hydrogen-bond donors (Lipinski definition) is 0. The molecule has 6 heteroatoms. The van der Waals surface area contributed by atoms with Crippen molar-refractivity contribution in [2.45, 2.75) is 6.42 Å². The highest BCUT2D eigenvalue weighted by molar-refractivity contribution is 6.08. The minimum Gasteiger partial charge on any atom is -0.465 e. The highest BCUT2D eigenvalue weighted by Crippen LogP contribution is 2.35. The molecule has 0 bridgehead atoms. The van der Waals surface area contributed by atoms with E-state index in [1.165, 1.54) is 24.8 Å². The summed E-state index contributed by atoms with van der Waals surface area (Å²) in [4.78, 5) is 23.9. The van der Waals surface area contributed by atoms with Crippen LogP contribution in [0.1, 0.15) is 22.5 Å². The van der Waals surface area contributed by atoms with E-state index in [-0.39, 0.29) is 5.82 Å². The summed E-state index contributed by atoms with van der Waals surface area (Å²) in [6, 6.07) is 17.6. The molecule has 0 unspecified atom stereocenters. The molecular formula is C27H22FN3O2. The molecule has 5 nitrogen and oxygen atoms in total. The van der Waals surface area contributed by atoms with Crippen molar-refractivity contribution in [1.82, 2.24) is 9.97 Å². The molecule has 0 atom stereocenters. The van der Waals surface area contributed by atoms with Crippen LogP contribution < -0.4 is 4.90 Å². The van der Waals surface area contributed by atoms with Crippen LogP contribution in [0.4, 0.5) is 10.1 Å². The summed E-state index contributed by atoms with van der Waals surface area (Å²) in [5.74, 6) is -0.774. The van der Waals surface area contributed by atoms with Gasteiger partial charge in [-0.3, -0.25) is 9.97 Å². The summed E-state index contributed by atoms with van der Waals surface area (Å²) >= 11 is 0. The molecule has 0 amide bonds. The number of pyridine rings is 2. The Morgan fingerprint density at radius 2 is 1.91 bits per heavy atom. The van der Waals surface area contributed by atoms with Crippen LogP contribution in [0, 0.1) is 5.82 Å². The van der Waals surface area contributed by atoms with E-state index >= 15 is 0 Å². The van der Waals surface area contributed by atoms with Crippen LogP contribution in [0.3, 0.4) is 0 Å². The first-order valence-corrected chi connectivity index (χ1v) is 10.8. The van der Waals surface area contributed by atoms with Gasteiger partial charge < -0.3 is 9.64 Å². The molecular weight excluding hydrogens is 417 g/mol. The number of ether oxygens (including phenoxy) is 1. The highest BCUT2D eigenvalue weighted by atomic mass is 19.1. The first-order chi connectivity index (χ1) is 16.1. The normalized spacial score (nSPS) is 13.6. The quantitative estimate of drug-likeness (QED) is 0.392. The van der Waals surface area contributed by atoms with Crippen LogP contribution in [0.5, 0.6) is 0 Å². The molecule has 2 aromatic heterocycles. The third-order valence-electron chi connectivity index (χ3n) is 5.96. The molecule has 0 fully saturated rings. The van der Waals surface area contributed by atoms with E-state index < -0.39 is 5.97 Å². The second-order valence-corrected chi connectivity index (χ2v) is 7.89. The lowest BCUT2D eigenvalue weighted by atomic mass is 9.94. The van der Waals surface area contributed by atoms with Gasteiger partial charge in [-0.05, 0) is 60.0 Å². The lowest BCUT2D eigenvalue weighted by Gasteiger charge is -2.28. The largest absolute Gasteiger partial charge is 0.465 e. The number of carbonyl (C=O) groups excluding carboxylic acids is 1. The van der Waals surface area contributed by atoms with Gasteiger partial charge in [-0.25, -0.2) is 9.18 Å². The monoisotopic (exact) mass is 439 g/mol. The third kappa shape index (κ3) is 4.07. The van der Waals surface area contributed by atoms with Crippen LogP contribution in [-0.2, 0) is 4.74 Å². The zero-order valence-electron chi connectivity index (χ0n) is 18.2. The summed E-state index contributed by atoms with van der Waals surface area (Å²) in [6.07, 6.45) is 6.74. The number of fused-ring (bicyclic) bond motifs is 1. The van der Waals surface area contributed by atoms with E-state index in [1.54, 1.807) is 18.2 Å². The Labute approximate surface area is 191 Å². The van der Waals surface area contributed by atoms with Crippen molar-refractivity contribution in [1.29, 1.82) is 0 Å². The summed E-state index contributed by atoms with van der Waals surface area (Å²) in [6.45, 7) is 1.57. The Morgan fingerprint density at radius 1 is 1.06 bits per heavy atom. The maximum absolute atomic E-state index is 13.6. The number of methoxy groups -OCH3 is 1. The highest BCUT2D eigenvalue weighted by Gasteiger charge is 2.20. The number of benzene rings is 2. The predicted octanol–water partition coefficient (Wildman–Crippen LogP) is 5.52. The Hall–Kier alpha value is -4.06. The molecule has 0 N–H and O–H groups in total. The summed E-state index contributed by atoms with van der Waals surface area (Å²) in [5, 5.41) is 0.821. The summed E-state index contributed by atoms with van der Waals surface area (Å²) in [7, 11) is 1.36. The maximum Gasteiger partial charge on any atom is 0.338 e. The van der Waals surface area contributed by atoms with Crippen molar-refractivity contribution in [2.75, 3.05) is 25.1 Å². The standard InChI is InChI=1S/C27H22FN3O2/c1-33-27(32)22-9-10-25-23(26(22)19-5-7-20(28)8-6-19)16-21(17-30-25)31-14-11-18(12-15-31)24-4-2-3-13-29-24/h2-11,13,16-17H,12,14-15H2,1H3. The van der Waals surface area contributed by atoms with Crippen molar-refractivity contribution in [3.05, 3.63) is 96.2 Å². The third-order valence-corrected chi connectivity index (χ3v) is 5.96. The molecule has 0 radical (unpaired) electrons. The van der Waals surface area contributed by atoms with E-state index in [0.717, 1.165) is 47.4 Å². The van der Waals surface area contributed by atoms with Gasteiger partial charge in [-0.2, -0.15) is 0 Å². The molecule has 33 heavy (non-hydrogen) atoms. The molecule has 4 aromatic rings. The average molecular weight is 439 g/mol. The average Bonchev–Trinajstić information content (AvgIpc) is 2.88. The zero-order valence-corrected chi connectivity index (χ0v) is 18.2. The Balaban J connectivity index is 1.57. The number of esters is 1. The van der Waals surface area contributed by atoms with Crippen LogP contribution in [-0.4, -0.2) is 36.1 Å². The molecule has 0 aliphatic carbocycles. The van der Waals surface area contributed by atoms with Gasteiger partial charge in [0.05, 0.1) is 35.8 Å². The first kappa shape index (κ1) is 20.8. The number of carbonyl (C=O) groups is 1. The molecule has 0 saturated carbocycles. The molecule has 3 heterocycles. The predicted molar refractivity (Wildman–Crippen MR) is 128 cm³/mol. The van der Waals surface area contributed by atoms with Crippen molar-refractivity contribution in [3.63, 3.8) is 0 Å². The van der Waals surface area contributed by atoms with Gasteiger partial charge in [0.25, 0.3) is 0 Å².